The van der Waals surface area contributed by atoms with Gasteiger partial charge in [-0.2, -0.15) is 4.98 Å². The Morgan fingerprint density at radius 3 is 2.79 bits per heavy atom. The smallest absolute Gasteiger partial charge is 0.336 e. The van der Waals surface area contributed by atoms with E-state index in [4.69, 9.17) is 4.74 Å². The van der Waals surface area contributed by atoms with Crippen LogP contribution < -0.4 is 4.74 Å². The lowest BCUT2D eigenvalue weighted by Crippen LogP contribution is -2.30. The number of carboxylic acids is 1. The summed E-state index contributed by atoms with van der Waals surface area (Å²) in [4.78, 5) is 21.4. The minimum Gasteiger partial charge on any atom is -0.478 e. The van der Waals surface area contributed by atoms with Gasteiger partial charge in [-0.25, -0.2) is 4.79 Å². The molecule has 0 spiro atoms. The number of benzene rings is 2. The van der Waals surface area contributed by atoms with Crippen LogP contribution in [0.5, 0.6) is 11.8 Å². The number of hydrogen-bond donors (Lipinski definition) is 2. The third kappa shape index (κ3) is 4.35. The highest BCUT2D eigenvalue weighted by Crippen LogP contribution is 2.26. The van der Waals surface area contributed by atoms with Crippen LogP contribution >= 0.6 is 12.4 Å². The van der Waals surface area contributed by atoms with Crippen molar-refractivity contribution in [3.8, 4) is 11.8 Å². The number of rotatable bonds is 5. The molecule has 2 N–H and O–H groups in total. The van der Waals surface area contributed by atoms with E-state index in [-0.39, 0.29) is 18.0 Å². The highest BCUT2D eigenvalue weighted by molar-refractivity contribution is 5.89. The monoisotopic (exact) mass is 399 g/mol. The van der Waals surface area contributed by atoms with Crippen LogP contribution in [0.15, 0.2) is 48.5 Å². The van der Waals surface area contributed by atoms with Gasteiger partial charge in [0.1, 0.15) is 5.75 Å². The minimum absolute atomic E-state index is 0. The number of aryl methyl sites for hydroxylation is 1. The Hall–Kier alpha value is -2.83. The summed E-state index contributed by atoms with van der Waals surface area (Å²) >= 11 is 0. The van der Waals surface area contributed by atoms with Gasteiger partial charge in [0.05, 0.1) is 17.0 Å². The molecular formula is C21H22ClN3O3. The first kappa shape index (κ1) is 19.9. The molecule has 2 aromatic carbocycles. The zero-order chi connectivity index (χ0) is 18.8. The molecule has 0 unspecified atom stereocenters. The number of fused-ring (bicyclic) bond motifs is 1. The van der Waals surface area contributed by atoms with E-state index in [1.807, 2.05) is 6.07 Å². The van der Waals surface area contributed by atoms with E-state index < -0.39 is 5.97 Å². The summed E-state index contributed by atoms with van der Waals surface area (Å²) < 4.78 is 5.78. The molecule has 7 heteroatoms. The molecular weight excluding hydrogens is 378 g/mol. The number of H-pyrrole nitrogens is 1. The van der Waals surface area contributed by atoms with Gasteiger partial charge in [0, 0.05) is 26.1 Å². The SMILES string of the molecule is Cc1ccc(Oc2nc3c([nH]2)CN(Cc2ccccc2)CC3)cc1C(=O)O.Cl. The van der Waals surface area contributed by atoms with Gasteiger partial charge >= 0.3 is 5.97 Å². The van der Waals surface area contributed by atoms with E-state index >= 15 is 0 Å². The maximum atomic E-state index is 11.3. The summed E-state index contributed by atoms with van der Waals surface area (Å²) in [6.07, 6.45) is 0.857. The molecule has 2 heterocycles. The number of imidazole rings is 1. The summed E-state index contributed by atoms with van der Waals surface area (Å²) in [6, 6.07) is 15.8. The predicted molar refractivity (Wildman–Crippen MR) is 108 cm³/mol. The van der Waals surface area contributed by atoms with E-state index in [1.165, 1.54) is 11.6 Å². The van der Waals surface area contributed by atoms with Crippen molar-refractivity contribution >= 4 is 18.4 Å². The van der Waals surface area contributed by atoms with Gasteiger partial charge < -0.3 is 14.8 Å². The molecule has 3 aromatic rings. The predicted octanol–water partition coefficient (Wildman–Crippen LogP) is 4.19. The van der Waals surface area contributed by atoms with Crippen LogP contribution in [0.3, 0.4) is 0 Å². The fourth-order valence-corrected chi connectivity index (χ4v) is 3.36. The molecule has 0 saturated heterocycles. The van der Waals surface area contributed by atoms with Gasteiger partial charge in [-0.3, -0.25) is 4.90 Å². The van der Waals surface area contributed by atoms with Crippen molar-refractivity contribution in [1.29, 1.82) is 0 Å². The largest absolute Gasteiger partial charge is 0.478 e. The van der Waals surface area contributed by atoms with Crippen molar-refractivity contribution in [2.75, 3.05) is 6.54 Å². The normalized spacial score (nSPS) is 13.5. The number of aromatic amines is 1. The lowest BCUT2D eigenvalue weighted by molar-refractivity contribution is 0.0695. The Morgan fingerprint density at radius 1 is 1.25 bits per heavy atom. The molecule has 0 bridgehead atoms. The Kier molecular flexibility index (Phi) is 6.02. The van der Waals surface area contributed by atoms with E-state index in [1.54, 1.807) is 19.1 Å². The first-order valence-corrected chi connectivity index (χ1v) is 8.94. The number of carbonyl (C=O) groups is 1. The maximum Gasteiger partial charge on any atom is 0.336 e. The summed E-state index contributed by atoms with van der Waals surface area (Å²) in [6.45, 7) is 4.39. The molecule has 0 aliphatic carbocycles. The Bertz CT molecular complexity index is 972. The number of nitrogens with zero attached hydrogens (tertiary/aromatic N) is 2. The van der Waals surface area contributed by atoms with Gasteiger partial charge in [0.15, 0.2) is 0 Å². The fraction of sp³-hybridized carbons (Fsp3) is 0.238. The van der Waals surface area contributed by atoms with Crippen LogP contribution in [-0.2, 0) is 19.5 Å². The molecule has 0 atom stereocenters. The highest BCUT2D eigenvalue weighted by Gasteiger charge is 2.21. The fourth-order valence-electron chi connectivity index (χ4n) is 3.36. The zero-order valence-corrected chi connectivity index (χ0v) is 16.3. The third-order valence-electron chi connectivity index (χ3n) is 4.79. The third-order valence-corrected chi connectivity index (χ3v) is 4.79. The lowest BCUT2D eigenvalue weighted by atomic mass is 10.1. The van der Waals surface area contributed by atoms with Crippen LogP contribution in [0, 0.1) is 6.92 Å². The molecule has 6 nitrogen and oxygen atoms in total. The molecule has 4 rings (SSSR count). The van der Waals surface area contributed by atoms with Crippen LogP contribution in [0.25, 0.3) is 0 Å². The standard InChI is InChI=1S/C21H21N3O3.ClH/c1-14-7-8-16(11-17(14)20(25)26)27-21-22-18-9-10-24(13-19(18)23-21)12-15-5-3-2-4-6-15;/h2-8,11H,9-10,12-13H2,1H3,(H,22,23)(H,25,26);1H. The van der Waals surface area contributed by atoms with Crippen molar-refractivity contribution < 1.29 is 14.6 Å². The topological polar surface area (TPSA) is 78.5 Å². The first-order valence-electron chi connectivity index (χ1n) is 8.94. The number of ether oxygens (including phenoxy) is 1. The maximum absolute atomic E-state index is 11.3. The van der Waals surface area contributed by atoms with Crippen molar-refractivity contribution in [3.05, 3.63) is 76.6 Å². The van der Waals surface area contributed by atoms with Crippen LogP contribution in [-0.4, -0.2) is 32.5 Å². The van der Waals surface area contributed by atoms with E-state index in [0.717, 1.165) is 37.4 Å². The van der Waals surface area contributed by atoms with Crippen LogP contribution in [0.1, 0.15) is 32.9 Å². The average Bonchev–Trinajstić information content (AvgIpc) is 3.05. The van der Waals surface area contributed by atoms with Gasteiger partial charge in [0.2, 0.25) is 0 Å². The molecule has 0 saturated carbocycles. The van der Waals surface area contributed by atoms with Crippen LogP contribution in [0.2, 0.25) is 0 Å². The number of aromatic carboxylic acids is 1. The second-order valence-electron chi connectivity index (χ2n) is 6.80. The second kappa shape index (κ2) is 8.46. The number of nitrogens with one attached hydrogen (secondary N) is 1. The van der Waals surface area contributed by atoms with Crippen molar-refractivity contribution in [1.82, 2.24) is 14.9 Å². The van der Waals surface area contributed by atoms with Gasteiger partial charge in [-0.05, 0) is 30.2 Å². The van der Waals surface area contributed by atoms with Crippen LogP contribution in [0.4, 0.5) is 0 Å². The molecule has 146 valence electrons. The summed E-state index contributed by atoms with van der Waals surface area (Å²) in [5.74, 6) is -0.501. The molecule has 0 fully saturated rings. The highest BCUT2D eigenvalue weighted by atomic mass is 35.5. The van der Waals surface area contributed by atoms with Gasteiger partial charge in [0.25, 0.3) is 6.01 Å². The van der Waals surface area contributed by atoms with Crippen molar-refractivity contribution in [2.24, 2.45) is 0 Å². The molecule has 1 aromatic heterocycles. The number of carboxylic acid groups (broad SMARTS) is 1. The molecule has 1 aliphatic rings. The zero-order valence-electron chi connectivity index (χ0n) is 15.5. The molecule has 0 amide bonds. The Balaban J connectivity index is 0.00000225. The van der Waals surface area contributed by atoms with Gasteiger partial charge in [-0.1, -0.05) is 36.4 Å². The molecule has 28 heavy (non-hydrogen) atoms. The minimum atomic E-state index is -0.965. The summed E-state index contributed by atoms with van der Waals surface area (Å²) in [7, 11) is 0. The van der Waals surface area contributed by atoms with E-state index in [2.05, 4.69) is 39.1 Å². The Morgan fingerprint density at radius 2 is 2.04 bits per heavy atom. The van der Waals surface area contributed by atoms with E-state index in [0.29, 0.717) is 17.3 Å². The van der Waals surface area contributed by atoms with Crippen molar-refractivity contribution in [2.45, 2.75) is 26.4 Å². The van der Waals surface area contributed by atoms with Crippen molar-refractivity contribution in [3.63, 3.8) is 0 Å². The summed E-state index contributed by atoms with van der Waals surface area (Å²) in [5.41, 5.74) is 4.29. The summed E-state index contributed by atoms with van der Waals surface area (Å²) in [5, 5.41) is 9.25. The molecule has 0 radical (unpaired) electrons. The molecule has 1 aliphatic heterocycles. The van der Waals surface area contributed by atoms with E-state index in [9.17, 15) is 9.90 Å². The second-order valence-corrected chi connectivity index (χ2v) is 6.80. The van der Waals surface area contributed by atoms with Gasteiger partial charge in [-0.15, -0.1) is 12.4 Å². The Labute approximate surface area is 169 Å². The number of halogens is 1. The number of aromatic nitrogens is 2. The quantitative estimate of drug-likeness (QED) is 0.672. The average molecular weight is 400 g/mol. The lowest BCUT2D eigenvalue weighted by Gasteiger charge is -2.25. The first-order chi connectivity index (χ1) is 13.1. The number of hydrogen-bond acceptors (Lipinski definition) is 4.